The Morgan fingerprint density at radius 2 is 1.97 bits per heavy atom. The van der Waals surface area contributed by atoms with E-state index in [0.717, 1.165) is 32.1 Å². The van der Waals surface area contributed by atoms with Gasteiger partial charge in [0.2, 0.25) is 5.91 Å². The number of carbonyl (C=O) groups is 2. The summed E-state index contributed by atoms with van der Waals surface area (Å²) < 4.78 is 0. The van der Waals surface area contributed by atoms with Crippen LogP contribution in [-0.4, -0.2) is 40.2 Å². The Kier molecular flexibility index (Phi) is 9.04. The van der Waals surface area contributed by atoms with Gasteiger partial charge in [-0.15, -0.1) is 0 Å². The Hall–Kier alpha value is -2.24. The van der Waals surface area contributed by atoms with Crippen LogP contribution >= 0.6 is 0 Å². The first-order valence-corrected chi connectivity index (χ1v) is 11.6. The topological polar surface area (TPSA) is 86.6 Å². The third-order valence-electron chi connectivity index (χ3n) is 6.13. The molecule has 0 unspecified atom stereocenters. The molecule has 3 rings (SSSR count). The molecule has 1 aromatic carbocycles. The monoisotopic (exact) mass is 425 g/mol. The number of unbranched alkanes of at least 4 members (excludes halogenated alkanes) is 1. The second-order valence-electron chi connectivity index (χ2n) is 8.84. The van der Waals surface area contributed by atoms with Gasteiger partial charge >= 0.3 is 0 Å². The van der Waals surface area contributed by atoms with Crippen molar-refractivity contribution < 1.29 is 19.8 Å². The minimum Gasteiger partial charge on any atom is -0.392 e. The maximum Gasteiger partial charge on any atom is 0.220 e. The Labute approximate surface area is 185 Å². The highest BCUT2D eigenvalue weighted by atomic mass is 16.3. The van der Waals surface area contributed by atoms with Crippen molar-refractivity contribution in [3.63, 3.8) is 0 Å². The lowest BCUT2D eigenvalue weighted by molar-refractivity contribution is -0.122. The van der Waals surface area contributed by atoms with Crippen LogP contribution in [0.2, 0.25) is 0 Å². The lowest BCUT2D eigenvalue weighted by Gasteiger charge is -2.16. The van der Waals surface area contributed by atoms with Crippen molar-refractivity contribution in [3.8, 4) is 0 Å². The van der Waals surface area contributed by atoms with E-state index in [1.54, 1.807) is 6.08 Å². The molecule has 2 fully saturated rings. The molecule has 2 saturated carbocycles. The fourth-order valence-corrected chi connectivity index (χ4v) is 4.11. The number of aliphatic hydroxyl groups excluding tert-OH is 2. The third kappa shape index (κ3) is 8.08. The van der Waals surface area contributed by atoms with E-state index in [-0.39, 0.29) is 29.9 Å². The van der Waals surface area contributed by atoms with Crippen molar-refractivity contribution >= 4 is 11.7 Å². The number of ketones is 1. The van der Waals surface area contributed by atoms with E-state index in [1.807, 2.05) is 48.6 Å². The van der Waals surface area contributed by atoms with Crippen LogP contribution in [0.15, 0.2) is 54.6 Å². The fourth-order valence-electron chi connectivity index (χ4n) is 4.11. The van der Waals surface area contributed by atoms with Crippen molar-refractivity contribution in [1.29, 1.82) is 0 Å². The molecular weight excluding hydrogens is 390 g/mol. The highest BCUT2D eigenvalue weighted by Gasteiger charge is 2.39. The number of allylic oxidation sites excluding steroid dienone is 2. The number of hydrogen-bond donors (Lipinski definition) is 3. The van der Waals surface area contributed by atoms with Gasteiger partial charge in [-0.2, -0.15) is 0 Å². The number of nitrogens with one attached hydrogen (secondary N) is 1. The number of hydrogen-bond acceptors (Lipinski definition) is 4. The van der Waals surface area contributed by atoms with Crippen LogP contribution in [0.5, 0.6) is 0 Å². The summed E-state index contributed by atoms with van der Waals surface area (Å²) in [7, 11) is 0. The Bertz CT molecular complexity index is 769. The average molecular weight is 426 g/mol. The molecule has 2 aliphatic rings. The maximum absolute atomic E-state index is 12.3. The average Bonchev–Trinajstić information content (AvgIpc) is 3.52. The lowest BCUT2D eigenvalue weighted by Crippen LogP contribution is -2.24. The number of carbonyl (C=O) groups excluding carboxylic acids is 2. The van der Waals surface area contributed by atoms with Crippen LogP contribution in [0.3, 0.4) is 0 Å². The van der Waals surface area contributed by atoms with Gasteiger partial charge in [-0.1, -0.05) is 54.6 Å². The normalized spacial score (nSPS) is 24.8. The molecule has 5 heteroatoms. The second kappa shape index (κ2) is 12.0. The van der Waals surface area contributed by atoms with E-state index in [4.69, 9.17) is 0 Å². The van der Waals surface area contributed by atoms with Gasteiger partial charge in [0.15, 0.2) is 0 Å². The smallest absolute Gasteiger partial charge is 0.220 e. The summed E-state index contributed by atoms with van der Waals surface area (Å²) in [5.41, 5.74) is 1.18. The van der Waals surface area contributed by atoms with Crippen molar-refractivity contribution in [2.45, 2.75) is 76.0 Å². The molecule has 168 valence electrons. The standard InChI is InChI=1S/C26H35NO4/c28-21(15-12-19-8-4-3-5-9-19)16-17-23-22(24(29)18-25(23)30)10-6-1-2-7-11-26(31)27-20-13-14-20/h1,3-6,8-9,16-17,20-23,25,28,30H,2,7,10-15,18H2,(H,27,31)/b6-1-,17-16+/t21-,22+,23+,25+/m0/s1. The van der Waals surface area contributed by atoms with Crippen molar-refractivity contribution in [1.82, 2.24) is 5.32 Å². The molecule has 0 spiro atoms. The lowest BCUT2D eigenvalue weighted by atomic mass is 9.90. The highest BCUT2D eigenvalue weighted by molar-refractivity contribution is 5.84. The zero-order chi connectivity index (χ0) is 22.1. The van der Waals surface area contributed by atoms with Gasteiger partial charge in [0.05, 0.1) is 12.2 Å². The molecule has 0 bridgehead atoms. The summed E-state index contributed by atoms with van der Waals surface area (Å²) in [5, 5.41) is 23.6. The molecule has 0 radical (unpaired) electrons. The quantitative estimate of drug-likeness (QED) is 0.353. The molecule has 5 nitrogen and oxygen atoms in total. The van der Waals surface area contributed by atoms with Crippen LogP contribution in [-0.2, 0) is 16.0 Å². The van der Waals surface area contributed by atoms with E-state index in [0.29, 0.717) is 25.3 Å². The minimum absolute atomic E-state index is 0.0781. The first-order chi connectivity index (χ1) is 15.0. The molecular formula is C26H35NO4. The number of aliphatic hydroxyl groups is 2. The van der Waals surface area contributed by atoms with Crippen LogP contribution in [0.25, 0.3) is 0 Å². The molecule has 31 heavy (non-hydrogen) atoms. The molecule has 3 N–H and O–H groups in total. The van der Waals surface area contributed by atoms with Gasteiger partial charge in [0.1, 0.15) is 5.78 Å². The number of aryl methyl sites for hydroxylation is 1. The SMILES string of the molecule is O=C(CCC/C=C\C[C@H]1C(=O)C[C@@H](O)[C@@H]1/C=C/[C@@H](O)CCc1ccccc1)NC1CC1. The minimum atomic E-state index is -0.686. The second-order valence-corrected chi connectivity index (χ2v) is 8.84. The number of Topliss-reactive ketones (excluding diaryl/α,β-unsaturated/α-hetero) is 1. The molecule has 0 heterocycles. The maximum atomic E-state index is 12.3. The first-order valence-electron chi connectivity index (χ1n) is 11.6. The summed E-state index contributed by atoms with van der Waals surface area (Å²) >= 11 is 0. The zero-order valence-electron chi connectivity index (χ0n) is 18.2. The largest absolute Gasteiger partial charge is 0.392 e. The summed E-state index contributed by atoms with van der Waals surface area (Å²) in [6.45, 7) is 0. The predicted molar refractivity (Wildman–Crippen MR) is 121 cm³/mol. The molecule has 1 aromatic rings. The summed E-state index contributed by atoms with van der Waals surface area (Å²) in [5.74, 6) is -0.301. The van der Waals surface area contributed by atoms with E-state index in [1.165, 1.54) is 5.56 Å². The Morgan fingerprint density at radius 3 is 2.71 bits per heavy atom. The molecule has 4 atom stereocenters. The molecule has 0 saturated heterocycles. The summed E-state index contributed by atoms with van der Waals surface area (Å²) in [4.78, 5) is 24.0. The van der Waals surface area contributed by atoms with Crippen LogP contribution < -0.4 is 5.32 Å². The first kappa shape index (κ1) is 23.4. The third-order valence-corrected chi connectivity index (χ3v) is 6.13. The highest BCUT2D eigenvalue weighted by Crippen LogP contribution is 2.33. The van der Waals surface area contributed by atoms with Gasteiger partial charge in [-0.25, -0.2) is 0 Å². The van der Waals surface area contributed by atoms with Crippen LogP contribution in [0.1, 0.15) is 56.9 Å². The molecule has 0 aliphatic heterocycles. The van der Waals surface area contributed by atoms with Gasteiger partial charge in [-0.3, -0.25) is 9.59 Å². The molecule has 0 aromatic heterocycles. The zero-order valence-corrected chi connectivity index (χ0v) is 18.2. The van der Waals surface area contributed by atoms with Gasteiger partial charge in [0.25, 0.3) is 0 Å². The van der Waals surface area contributed by atoms with Crippen LogP contribution in [0, 0.1) is 11.8 Å². The Morgan fingerprint density at radius 1 is 1.19 bits per heavy atom. The van der Waals surface area contributed by atoms with Gasteiger partial charge in [0, 0.05) is 30.7 Å². The number of amides is 1. The van der Waals surface area contributed by atoms with E-state index >= 15 is 0 Å². The summed E-state index contributed by atoms with van der Waals surface area (Å²) in [6.07, 6.45) is 12.8. The van der Waals surface area contributed by atoms with E-state index < -0.39 is 12.2 Å². The van der Waals surface area contributed by atoms with Crippen molar-refractivity contribution in [2.75, 3.05) is 0 Å². The fraction of sp³-hybridized carbons (Fsp3) is 0.538. The summed E-state index contributed by atoms with van der Waals surface area (Å²) in [6, 6.07) is 10.4. The number of benzene rings is 1. The van der Waals surface area contributed by atoms with E-state index in [9.17, 15) is 19.8 Å². The van der Waals surface area contributed by atoms with Gasteiger partial charge < -0.3 is 15.5 Å². The predicted octanol–water partition coefficient (Wildman–Crippen LogP) is 3.50. The van der Waals surface area contributed by atoms with Crippen molar-refractivity contribution in [3.05, 3.63) is 60.2 Å². The Balaban J connectivity index is 1.40. The van der Waals surface area contributed by atoms with Gasteiger partial charge in [-0.05, 0) is 50.5 Å². The van der Waals surface area contributed by atoms with Crippen LogP contribution in [0.4, 0.5) is 0 Å². The van der Waals surface area contributed by atoms with Crippen molar-refractivity contribution in [2.24, 2.45) is 11.8 Å². The molecule has 2 aliphatic carbocycles. The number of rotatable bonds is 12. The molecule has 1 amide bonds. The van der Waals surface area contributed by atoms with E-state index in [2.05, 4.69) is 5.32 Å².